The topological polar surface area (TPSA) is 178 Å². The Balaban J connectivity index is 0.000000131. The highest BCUT2D eigenvalue weighted by atomic mass is 32.2. The van der Waals surface area contributed by atoms with Gasteiger partial charge in [-0.05, 0) is 412 Å². The summed E-state index contributed by atoms with van der Waals surface area (Å²) in [5.41, 5.74) is 2.27. The van der Waals surface area contributed by atoms with Crippen molar-refractivity contribution in [2.45, 2.75) is 274 Å². The maximum absolute atomic E-state index is 13.3. The van der Waals surface area contributed by atoms with Crippen LogP contribution in [0.25, 0.3) is 0 Å². The number of pyridine rings is 1. The predicted molar refractivity (Wildman–Crippen MR) is 533 cm³/mol. The van der Waals surface area contributed by atoms with Crippen molar-refractivity contribution >= 4 is 75.7 Å². The van der Waals surface area contributed by atoms with Crippen molar-refractivity contribution in [2.75, 3.05) is 253 Å². The fourth-order valence-electron chi connectivity index (χ4n) is 25.7. The standard InChI is InChI=1S/C18H26N4O.C15H25F2N3O.C15H27N3O2.C15H27N3O.C13H24N2S.C12H23N3S.C12H22N2OS/c1-20-10-6-14(7-11-20)17-5-3-9-22(17)18(23)21-12-15-4-2-8-19-16(15)13-21;1-18-8-4-12(5-9-18)13-3-2-7-20(13)14(21)19-10-6-15(16,17)11-19;1-16-7-4-13(5-8-16)14-3-2-6-18(14)15(19)17-9-11-20-12-10-17;1-16-11-6-13(7-12-16)14-5-4-10-18(14)15(19)17-8-2-3-9-17;1-3-13(16)15-8-4-5-12(15)11-6-9-14(2)10-7-11;1-13-12(16)15-7-3-4-11(15)10-5-8-14(2)9-6-10;1-13-8-5-10(6-9-13)11-4-3-7-14(11)12(15)16-2/h2,4,8,14,17H,3,5-7,9-13H2,1H3;12-13H,2-11H2,1H3;13-14H,2-12H2,1H3;13-14H,2-12H2,1H3;11-12H,3-10H2,1-2H3;10-11H,3-9H2,1-2H3,(H,13,16);10-11H,3-9H2,1-2H3/t17-;13-;2*14-;12-;2*11-/m0000000/s1. The molecule has 0 radical (unpaired) electrons. The van der Waals surface area contributed by atoms with Gasteiger partial charge < -0.3 is 98.3 Å². The Morgan fingerprint density at radius 3 is 1.00 bits per heavy atom. The van der Waals surface area contributed by atoms with Crippen LogP contribution < -0.4 is 5.32 Å². The first-order valence-corrected chi connectivity index (χ1v) is 54.4. The largest absolute Gasteiger partial charge is 0.378 e. The molecule has 742 valence electrons. The number of thiocarbonyl (C=S) groups is 2. The van der Waals surface area contributed by atoms with Crippen molar-refractivity contribution in [3.63, 3.8) is 0 Å². The van der Waals surface area contributed by atoms with Crippen LogP contribution in [0.15, 0.2) is 18.3 Å². The van der Waals surface area contributed by atoms with Crippen LogP contribution in [0.4, 0.5) is 32.8 Å². The third-order valence-electron chi connectivity index (χ3n) is 33.8. The van der Waals surface area contributed by atoms with Crippen molar-refractivity contribution in [1.82, 2.24) is 98.5 Å². The van der Waals surface area contributed by atoms with Gasteiger partial charge in [0.2, 0.25) is 0 Å². The van der Waals surface area contributed by atoms with Crippen LogP contribution in [-0.4, -0.2) is 433 Å². The second kappa shape index (κ2) is 51.2. The Hall–Kier alpha value is -4.83. The first-order chi connectivity index (χ1) is 63.3. The fourth-order valence-corrected chi connectivity index (χ4v) is 26.6. The van der Waals surface area contributed by atoms with Crippen molar-refractivity contribution in [2.24, 2.45) is 41.4 Å². The summed E-state index contributed by atoms with van der Waals surface area (Å²) in [6, 6.07) is 8.45. The average molecular weight is 1890 g/mol. The normalized spacial score (nSPS) is 28.9. The molecular weight excluding hydrogens is 1710 g/mol. The molecule has 1 aromatic rings. The van der Waals surface area contributed by atoms with Gasteiger partial charge in [-0.25, -0.2) is 28.0 Å². The van der Waals surface area contributed by atoms with E-state index in [0.717, 1.165) is 164 Å². The van der Waals surface area contributed by atoms with Crippen molar-refractivity contribution < 1.29 is 37.5 Å². The first kappa shape index (κ1) is 104. The van der Waals surface area contributed by atoms with E-state index in [2.05, 4.69) is 141 Å². The SMILES string of the molecule is CCC(=S)N1CCC[C@H]1C1CCN(C)CC1.CN1CCC([C@@H]2CCCN2C(=O)N2CCC(F)(F)C2)CC1.CN1CCC([C@@H]2CCCN2C(=O)N2CCCC2)CC1.CN1CCC([C@@H]2CCCN2C(=O)N2CCOCC2)CC1.CN1CCC([C@@H]2CCCN2C(=O)N2Cc3cccnc3C2)CC1.CNC(=S)N1CCC[C@H]1C1CCN(C)CC1.CSC(=O)N1CCC[C@H]1C1CCN(C)CC1. The molecule has 0 aliphatic carbocycles. The number of likely N-dealkylation sites (tertiary alicyclic amines) is 16. The van der Waals surface area contributed by atoms with Gasteiger partial charge in [-0.3, -0.25) is 9.78 Å². The molecule has 1 N–H and O–H groups in total. The average Bonchev–Trinajstić information content (AvgIpc) is 1.68. The maximum atomic E-state index is 13.3. The predicted octanol–water partition coefficient (Wildman–Crippen LogP) is 13.9. The minimum absolute atomic E-state index is 0.159. The number of rotatable bonds is 8. The number of piperidine rings is 7. The summed E-state index contributed by atoms with van der Waals surface area (Å²) in [4.78, 5) is 108. The Kier molecular flexibility index (Phi) is 40.5. The number of ether oxygens (including phenoxy) is 1. The molecule has 17 fully saturated rings. The molecule has 26 nitrogen and oxygen atoms in total. The minimum Gasteiger partial charge on any atom is -0.378 e. The number of carbonyl (C=O) groups is 5. The molecular formula is C100H174F2N20O6S3. The molecule has 18 aliphatic heterocycles. The van der Waals surface area contributed by atoms with Gasteiger partial charge >= 0.3 is 24.1 Å². The summed E-state index contributed by atoms with van der Waals surface area (Å²) >= 11 is 12.3. The first-order valence-electron chi connectivity index (χ1n) is 52.4. The van der Waals surface area contributed by atoms with Gasteiger partial charge in [0.05, 0.1) is 37.0 Å². The van der Waals surface area contributed by atoms with Gasteiger partial charge in [-0.15, -0.1) is 0 Å². The van der Waals surface area contributed by atoms with Crippen LogP contribution in [-0.2, 0) is 17.8 Å². The smallest absolute Gasteiger partial charge is 0.320 e. The Morgan fingerprint density at radius 2 is 0.679 bits per heavy atom. The zero-order chi connectivity index (χ0) is 92.7. The number of nitrogens with one attached hydrogen (secondary N) is 1. The minimum atomic E-state index is -2.70. The lowest BCUT2D eigenvalue weighted by Gasteiger charge is -2.39. The maximum Gasteiger partial charge on any atom is 0.320 e. The van der Waals surface area contributed by atoms with E-state index in [1.54, 1.807) is 0 Å². The number of morpholine rings is 1. The van der Waals surface area contributed by atoms with Gasteiger partial charge in [0.15, 0.2) is 5.11 Å². The highest BCUT2D eigenvalue weighted by Gasteiger charge is 2.48. The molecule has 7 atom stereocenters. The lowest BCUT2D eigenvalue weighted by molar-refractivity contribution is 0.0130. The summed E-state index contributed by atoms with van der Waals surface area (Å²) in [6.07, 6.45) is 41.5. The lowest BCUT2D eigenvalue weighted by atomic mass is 9.88. The Morgan fingerprint density at radius 1 is 0.382 bits per heavy atom. The Labute approximate surface area is 804 Å². The molecule has 0 aromatic carbocycles. The summed E-state index contributed by atoms with van der Waals surface area (Å²) in [5, 5.41) is 4.36. The van der Waals surface area contributed by atoms with Crippen molar-refractivity contribution in [3.05, 3.63) is 29.6 Å². The molecule has 18 aliphatic rings. The molecule has 19 rings (SSSR count). The van der Waals surface area contributed by atoms with E-state index >= 15 is 0 Å². The summed E-state index contributed by atoms with van der Waals surface area (Å²) in [5.74, 6) is 2.46. The molecule has 17 saturated heterocycles. The van der Waals surface area contributed by atoms with E-state index in [4.69, 9.17) is 29.2 Å². The van der Waals surface area contributed by atoms with Crippen LogP contribution >= 0.6 is 36.2 Å². The molecule has 0 unspecified atom stereocenters. The number of hydrogen-bond donors (Lipinski definition) is 1. The second-order valence-corrected chi connectivity index (χ2v) is 44.1. The molecule has 19 heterocycles. The van der Waals surface area contributed by atoms with E-state index in [1.165, 1.54) is 273 Å². The zero-order valence-corrected chi connectivity index (χ0v) is 85.2. The monoisotopic (exact) mass is 1890 g/mol. The van der Waals surface area contributed by atoms with Crippen LogP contribution in [0.5, 0.6) is 0 Å². The molecule has 1 aromatic heterocycles. The number of fused-ring (bicyclic) bond motifs is 1. The van der Waals surface area contributed by atoms with Crippen LogP contribution in [0.1, 0.15) is 224 Å². The molecule has 0 bridgehead atoms. The number of hydrogen-bond acceptors (Lipinski definition) is 17. The van der Waals surface area contributed by atoms with Gasteiger partial charge in [-0.2, -0.15) is 0 Å². The molecule has 131 heavy (non-hydrogen) atoms. The number of halogens is 2. The third-order valence-corrected chi connectivity index (χ3v) is 35.3. The van der Waals surface area contributed by atoms with Gasteiger partial charge in [0, 0.05) is 147 Å². The number of thioether (sulfide) groups is 1. The highest BCUT2D eigenvalue weighted by Crippen LogP contribution is 2.41. The summed E-state index contributed by atoms with van der Waals surface area (Å²) < 4.78 is 32.0. The van der Waals surface area contributed by atoms with Gasteiger partial charge in [-0.1, -0.05) is 37.0 Å². The quantitative estimate of drug-likeness (QED) is 0.243. The second-order valence-electron chi connectivity index (χ2n) is 42.5. The number of carbonyl (C=O) groups excluding carboxylic acids is 5. The number of nitrogens with zero attached hydrogens (tertiary/aromatic N) is 19. The van der Waals surface area contributed by atoms with Crippen molar-refractivity contribution in [3.8, 4) is 0 Å². The van der Waals surface area contributed by atoms with Crippen molar-refractivity contribution in [1.29, 1.82) is 0 Å². The van der Waals surface area contributed by atoms with E-state index in [0.29, 0.717) is 73.8 Å². The summed E-state index contributed by atoms with van der Waals surface area (Å²) in [7, 11) is 17.3. The highest BCUT2D eigenvalue weighted by molar-refractivity contribution is 8.12. The fraction of sp³-hybridized carbons (Fsp3) is 0.880. The number of urea groups is 4. The van der Waals surface area contributed by atoms with E-state index < -0.39 is 12.5 Å². The van der Waals surface area contributed by atoms with Crippen LogP contribution in [0, 0.1) is 41.4 Å². The van der Waals surface area contributed by atoms with E-state index in [9.17, 15) is 32.8 Å². The molecule has 9 amide bonds. The number of aromatic nitrogens is 1. The summed E-state index contributed by atoms with van der Waals surface area (Å²) in [6.45, 7) is 31.9. The Bertz CT molecular complexity index is 3520. The lowest BCUT2D eigenvalue weighted by Crippen LogP contribution is -2.52. The van der Waals surface area contributed by atoms with Gasteiger partial charge in [0.1, 0.15) is 0 Å². The zero-order valence-electron chi connectivity index (χ0n) is 82.8. The third kappa shape index (κ3) is 28.5. The van der Waals surface area contributed by atoms with E-state index in [-0.39, 0.29) is 42.3 Å². The van der Waals surface area contributed by atoms with Gasteiger partial charge in [0.25, 0.3) is 11.2 Å². The molecule has 31 heteroatoms. The molecule has 0 spiro atoms. The number of amides is 9. The molecule has 0 saturated carbocycles. The van der Waals surface area contributed by atoms with Crippen LogP contribution in [0.3, 0.4) is 0 Å². The van der Waals surface area contributed by atoms with Crippen LogP contribution in [0.2, 0.25) is 0 Å². The van der Waals surface area contributed by atoms with E-state index in [1.807, 2.05) is 40.3 Å². The number of alkyl halides is 2.